The lowest BCUT2D eigenvalue weighted by Gasteiger charge is -2.30. The Balaban J connectivity index is 1.47. The number of amides is 1. The third-order valence-electron chi connectivity index (χ3n) is 5.36. The molecule has 1 aliphatic carbocycles. The Labute approximate surface area is 148 Å². The minimum Gasteiger partial charge on any atom is -0.353 e. The van der Waals surface area contributed by atoms with Gasteiger partial charge in [0.1, 0.15) is 0 Å². The molecule has 25 heavy (non-hydrogen) atoms. The van der Waals surface area contributed by atoms with Crippen LogP contribution in [0.15, 0.2) is 42.6 Å². The summed E-state index contributed by atoms with van der Waals surface area (Å²) in [5, 5.41) is 8.18. The summed E-state index contributed by atoms with van der Waals surface area (Å²) in [6, 6.07) is 12.4. The average Bonchev–Trinajstić information content (AvgIpc) is 2.94. The van der Waals surface area contributed by atoms with Gasteiger partial charge in [0.05, 0.1) is 5.92 Å². The van der Waals surface area contributed by atoms with Gasteiger partial charge in [-0.25, -0.2) is 0 Å². The van der Waals surface area contributed by atoms with Gasteiger partial charge >= 0.3 is 0 Å². The fourth-order valence-corrected chi connectivity index (χ4v) is 4.06. The molecule has 5 nitrogen and oxygen atoms in total. The summed E-state index contributed by atoms with van der Waals surface area (Å²) in [6.07, 6.45) is 5.84. The number of anilines is 1. The van der Waals surface area contributed by atoms with E-state index in [0.717, 1.165) is 57.7 Å². The zero-order chi connectivity index (χ0) is 17.1. The Morgan fingerprint density at radius 1 is 1.00 bits per heavy atom. The second kappa shape index (κ2) is 7.21. The van der Waals surface area contributed by atoms with E-state index in [0.29, 0.717) is 5.91 Å². The first-order valence-corrected chi connectivity index (χ1v) is 9.22. The molecule has 0 spiro atoms. The predicted molar refractivity (Wildman–Crippen MR) is 97.6 cm³/mol. The normalized spacial score (nSPS) is 20.7. The van der Waals surface area contributed by atoms with Crippen LogP contribution < -0.4 is 4.90 Å². The first-order valence-electron chi connectivity index (χ1n) is 9.22. The van der Waals surface area contributed by atoms with Crippen LogP contribution >= 0.6 is 0 Å². The number of aryl methyl sites for hydroxylation is 1. The highest BCUT2D eigenvalue weighted by atomic mass is 16.2. The smallest absolute Gasteiger partial charge is 0.230 e. The number of nitrogens with zero attached hydrogens (tertiary/aromatic N) is 4. The highest BCUT2D eigenvalue weighted by Gasteiger charge is 2.30. The number of rotatable bonds is 2. The molecule has 0 radical (unpaired) electrons. The van der Waals surface area contributed by atoms with E-state index < -0.39 is 0 Å². The summed E-state index contributed by atoms with van der Waals surface area (Å²) in [4.78, 5) is 17.5. The van der Waals surface area contributed by atoms with E-state index >= 15 is 0 Å². The van der Waals surface area contributed by atoms with Gasteiger partial charge in [-0.2, -0.15) is 5.10 Å². The minimum atomic E-state index is 0.0352. The zero-order valence-electron chi connectivity index (χ0n) is 14.5. The van der Waals surface area contributed by atoms with Crippen LogP contribution in [0.2, 0.25) is 0 Å². The highest BCUT2D eigenvalue weighted by Crippen LogP contribution is 2.33. The SMILES string of the molecule is O=C([C@H]1CCCc2ccccc21)N1CCCN(c2cccnn2)CC1. The molecule has 4 rings (SSSR count). The van der Waals surface area contributed by atoms with Crippen molar-refractivity contribution < 1.29 is 4.79 Å². The van der Waals surface area contributed by atoms with Gasteiger partial charge in [0.2, 0.25) is 5.91 Å². The van der Waals surface area contributed by atoms with Crippen molar-refractivity contribution >= 4 is 11.7 Å². The lowest BCUT2D eigenvalue weighted by Crippen LogP contribution is -2.39. The molecule has 1 saturated heterocycles. The van der Waals surface area contributed by atoms with Gasteiger partial charge in [-0.15, -0.1) is 5.10 Å². The molecule has 0 saturated carbocycles. The van der Waals surface area contributed by atoms with Crippen molar-refractivity contribution in [1.29, 1.82) is 0 Å². The number of carbonyl (C=O) groups excluding carboxylic acids is 1. The molecule has 1 fully saturated rings. The molecule has 1 aliphatic heterocycles. The molecule has 1 aromatic heterocycles. The molecule has 0 unspecified atom stereocenters. The minimum absolute atomic E-state index is 0.0352. The van der Waals surface area contributed by atoms with Gasteiger partial charge in [-0.3, -0.25) is 4.79 Å². The van der Waals surface area contributed by atoms with Gasteiger partial charge in [0, 0.05) is 32.4 Å². The molecule has 1 atom stereocenters. The fourth-order valence-electron chi connectivity index (χ4n) is 4.06. The van der Waals surface area contributed by atoms with Crippen LogP contribution in [0, 0.1) is 0 Å². The van der Waals surface area contributed by atoms with E-state index in [9.17, 15) is 4.79 Å². The van der Waals surface area contributed by atoms with Gasteiger partial charge in [0.15, 0.2) is 5.82 Å². The molecule has 1 amide bonds. The lowest BCUT2D eigenvalue weighted by molar-refractivity contribution is -0.133. The van der Waals surface area contributed by atoms with Gasteiger partial charge < -0.3 is 9.80 Å². The van der Waals surface area contributed by atoms with Crippen LogP contribution in [0.25, 0.3) is 0 Å². The molecule has 0 bridgehead atoms. The Morgan fingerprint density at radius 3 is 2.80 bits per heavy atom. The van der Waals surface area contributed by atoms with Crippen molar-refractivity contribution in [2.45, 2.75) is 31.6 Å². The first kappa shape index (κ1) is 16.1. The summed E-state index contributed by atoms with van der Waals surface area (Å²) >= 11 is 0. The van der Waals surface area contributed by atoms with Gasteiger partial charge in [-0.1, -0.05) is 24.3 Å². The quantitative estimate of drug-likeness (QED) is 0.846. The standard InChI is InChI=1S/C20H24N4O/c25-20(18-9-3-7-16-6-1-2-8-17(16)18)24-13-5-12-23(14-15-24)19-10-4-11-21-22-19/h1-2,4,6,8,10-11,18H,3,5,7,9,12-15H2/t18-/m0/s1. The van der Waals surface area contributed by atoms with Crippen LogP contribution in [0.3, 0.4) is 0 Å². The molecule has 0 N–H and O–H groups in total. The lowest BCUT2D eigenvalue weighted by atomic mass is 9.82. The summed E-state index contributed by atoms with van der Waals surface area (Å²) in [5.74, 6) is 1.24. The number of fused-ring (bicyclic) bond motifs is 1. The van der Waals surface area contributed by atoms with E-state index in [-0.39, 0.29) is 5.92 Å². The summed E-state index contributed by atoms with van der Waals surface area (Å²) in [7, 11) is 0. The number of benzene rings is 1. The van der Waals surface area contributed by atoms with Crippen LogP contribution in [-0.2, 0) is 11.2 Å². The van der Waals surface area contributed by atoms with Gasteiger partial charge in [0.25, 0.3) is 0 Å². The van der Waals surface area contributed by atoms with Crippen molar-refractivity contribution in [2.75, 3.05) is 31.1 Å². The summed E-state index contributed by atoms with van der Waals surface area (Å²) < 4.78 is 0. The van der Waals surface area contributed by atoms with Crippen LogP contribution in [0.4, 0.5) is 5.82 Å². The monoisotopic (exact) mass is 336 g/mol. The number of aromatic nitrogens is 2. The van der Waals surface area contributed by atoms with Crippen molar-refractivity contribution in [3.05, 3.63) is 53.7 Å². The molecule has 5 heteroatoms. The third-order valence-corrected chi connectivity index (χ3v) is 5.36. The van der Waals surface area contributed by atoms with E-state index in [4.69, 9.17) is 0 Å². The first-order chi connectivity index (χ1) is 12.3. The maximum absolute atomic E-state index is 13.2. The second-order valence-corrected chi connectivity index (χ2v) is 6.89. The summed E-state index contributed by atoms with van der Waals surface area (Å²) in [6.45, 7) is 3.32. The highest BCUT2D eigenvalue weighted by molar-refractivity contribution is 5.84. The van der Waals surface area contributed by atoms with E-state index in [1.54, 1.807) is 6.20 Å². The van der Waals surface area contributed by atoms with E-state index in [1.807, 2.05) is 12.1 Å². The number of hydrogen-bond acceptors (Lipinski definition) is 4. The van der Waals surface area contributed by atoms with Crippen molar-refractivity contribution in [1.82, 2.24) is 15.1 Å². The molecular formula is C20H24N4O. The maximum atomic E-state index is 13.2. The Bertz CT molecular complexity index is 733. The fraction of sp³-hybridized carbons (Fsp3) is 0.450. The van der Waals surface area contributed by atoms with Gasteiger partial charge in [-0.05, 0) is 48.9 Å². The number of hydrogen-bond donors (Lipinski definition) is 0. The molecular weight excluding hydrogens is 312 g/mol. The Kier molecular flexibility index (Phi) is 4.63. The van der Waals surface area contributed by atoms with Crippen molar-refractivity contribution in [3.8, 4) is 0 Å². The predicted octanol–water partition coefficient (Wildman–Crippen LogP) is 2.64. The van der Waals surface area contributed by atoms with Crippen molar-refractivity contribution in [3.63, 3.8) is 0 Å². The molecule has 130 valence electrons. The van der Waals surface area contributed by atoms with Crippen LogP contribution in [0.1, 0.15) is 36.3 Å². The molecule has 2 heterocycles. The van der Waals surface area contributed by atoms with E-state index in [2.05, 4.69) is 44.3 Å². The second-order valence-electron chi connectivity index (χ2n) is 6.89. The molecule has 1 aromatic carbocycles. The molecule has 2 aliphatic rings. The van der Waals surface area contributed by atoms with Crippen molar-refractivity contribution in [2.24, 2.45) is 0 Å². The Morgan fingerprint density at radius 2 is 1.92 bits per heavy atom. The third kappa shape index (κ3) is 3.36. The topological polar surface area (TPSA) is 49.3 Å². The van der Waals surface area contributed by atoms with E-state index in [1.165, 1.54) is 11.1 Å². The van der Waals surface area contributed by atoms with Crippen LogP contribution in [-0.4, -0.2) is 47.2 Å². The zero-order valence-corrected chi connectivity index (χ0v) is 14.5. The largest absolute Gasteiger partial charge is 0.353 e. The Hall–Kier alpha value is -2.43. The average molecular weight is 336 g/mol. The molecule has 2 aromatic rings. The van der Waals surface area contributed by atoms with Crippen LogP contribution in [0.5, 0.6) is 0 Å². The number of carbonyl (C=O) groups is 1. The maximum Gasteiger partial charge on any atom is 0.230 e. The summed E-state index contributed by atoms with van der Waals surface area (Å²) in [5.41, 5.74) is 2.59.